The van der Waals surface area contributed by atoms with E-state index < -0.39 is 34.5 Å². The Morgan fingerprint density at radius 2 is 1.57 bits per heavy atom. The molecule has 0 atom stereocenters. The lowest BCUT2D eigenvalue weighted by Gasteiger charge is -2.44. The number of rotatable bonds is 12. The van der Waals surface area contributed by atoms with Crippen molar-refractivity contribution in [3.63, 3.8) is 0 Å². The number of hydrogen-bond acceptors (Lipinski definition) is 7. The van der Waals surface area contributed by atoms with Crippen LogP contribution in [0.4, 0.5) is 22.0 Å². The van der Waals surface area contributed by atoms with Crippen LogP contribution in [-0.4, -0.2) is 67.5 Å². The van der Waals surface area contributed by atoms with Crippen LogP contribution in [0.5, 0.6) is 0 Å². The molecule has 1 saturated heterocycles. The minimum atomic E-state index is -4.45. The molecular formula is C42H42F5N5O4. The maximum atomic E-state index is 14.6. The molecular weight excluding hydrogens is 733 g/mol. The minimum absolute atomic E-state index is 0.0599. The van der Waals surface area contributed by atoms with Gasteiger partial charge in [0.05, 0.1) is 17.6 Å². The highest BCUT2D eigenvalue weighted by atomic mass is 19.4. The molecule has 5 aromatic rings. The molecule has 56 heavy (non-hydrogen) atoms. The number of carbonyl (C=O) groups is 2. The fraction of sp³-hybridized carbons (Fsp3) is 0.357. The second-order valence-corrected chi connectivity index (χ2v) is 14.3. The van der Waals surface area contributed by atoms with Crippen molar-refractivity contribution in [2.24, 2.45) is 0 Å². The average molecular weight is 776 g/mol. The van der Waals surface area contributed by atoms with Gasteiger partial charge in [0.15, 0.2) is 0 Å². The summed E-state index contributed by atoms with van der Waals surface area (Å²) in [5.74, 6) is -1.87. The van der Waals surface area contributed by atoms with Crippen molar-refractivity contribution in [3.05, 3.63) is 130 Å². The molecule has 294 valence electrons. The largest absolute Gasteiger partial charge is 0.465 e. The second-order valence-electron chi connectivity index (χ2n) is 14.3. The molecule has 0 spiro atoms. The maximum absolute atomic E-state index is 14.6. The molecule has 0 radical (unpaired) electrons. The van der Waals surface area contributed by atoms with Crippen LogP contribution in [0.1, 0.15) is 56.1 Å². The number of ether oxygens (including phenoxy) is 1. The van der Waals surface area contributed by atoms with Crippen molar-refractivity contribution in [1.82, 2.24) is 24.3 Å². The van der Waals surface area contributed by atoms with Crippen LogP contribution >= 0.6 is 0 Å². The molecule has 0 saturated carbocycles. The van der Waals surface area contributed by atoms with Gasteiger partial charge in [-0.25, -0.2) is 13.8 Å². The minimum Gasteiger partial charge on any atom is -0.465 e. The van der Waals surface area contributed by atoms with E-state index in [9.17, 15) is 36.3 Å². The van der Waals surface area contributed by atoms with E-state index in [4.69, 9.17) is 4.74 Å². The third kappa shape index (κ3) is 8.96. The zero-order valence-corrected chi connectivity index (χ0v) is 31.3. The molecule has 14 heteroatoms. The van der Waals surface area contributed by atoms with Crippen LogP contribution in [0.25, 0.3) is 22.2 Å². The zero-order valence-electron chi connectivity index (χ0n) is 31.3. The van der Waals surface area contributed by atoms with Crippen LogP contribution in [0.2, 0.25) is 0 Å². The number of aryl methyl sites for hydroxylation is 2. The number of halogens is 5. The first-order chi connectivity index (χ1) is 26.6. The van der Waals surface area contributed by atoms with Gasteiger partial charge in [0.25, 0.3) is 5.56 Å². The van der Waals surface area contributed by atoms with Crippen LogP contribution in [-0.2, 0) is 46.4 Å². The summed E-state index contributed by atoms with van der Waals surface area (Å²) in [6, 6.07) is 18.3. The first kappa shape index (κ1) is 40.2. The predicted molar refractivity (Wildman–Crippen MR) is 200 cm³/mol. The van der Waals surface area contributed by atoms with E-state index in [1.54, 1.807) is 40.7 Å². The fourth-order valence-corrected chi connectivity index (χ4v) is 7.14. The standard InChI is InChI=1S/C42H42F5N5O4/c1-4-56-40(55)41(2,3)50-22-19-33(20-23-50)51(25-27-7-9-28(10-8-27)29-11-15-31(16-12-29)42(45,46)47)37(53)26-52-36(18-14-30-13-17-32(43)24-35(30)44)49-39(54)34-6-5-21-48-38(34)52/h5-13,15-17,21,24,33H,4,14,18-20,22-23,25-26H2,1-3H3. The lowest BCUT2D eigenvalue weighted by atomic mass is 9.95. The Morgan fingerprint density at radius 3 is 2.20 bits per heavy atom. The Morgan fingerprint density at radius 1 is 0.911 bits per heavy atom. The normalized spacial score (nSPS) is 14.2. The van der Waals surface area contributed by atoms with E-state index in [0.717, 1.165) is 29.8 Å². The van der Waals surface area contributed by atoms with Crippen LogP contribution < -0.4 is 5.56 Å². The molecule has 1 aliphatic rings. The molecule has 9 nitrogen and oxygen atoms in total. The summed E-state index contributed by atoms with van der Waals surface area (Å²) in [6.07, 6.45) is -1.73. The molecule has 2 aromatic heterocycles. The summed E-state index contributed by atoms with van der Waals surface area (Å²) >= 11 is 0. The van der Waals surface area contributed by atoms with Crippen molar-refractivity contribution in [1.29, 1.82) is 0 Å². The SMILES string of the molecule is CCOC(=O)C(C)(C)N1CCC(N(Cc2ccc(-c3ccc(C(F)(F)F)cc3)cc2)C(=O)Cn2c(CCc3ccc(F)cc3F)nc(=O)c3cccnc32)CC1. The summed E-state index contributed by atoms with van der Waals surface area (Å²) < 4.78 is 74.6. The third-order valence-electron chi connectivity index (χ3n) is 10.4. The quantitative estimate of drug-likeness (QED) is 0.0965. The molecule has 1 fully saturated rings. The van der Waals surface area contributed by atoms with Crippen LogP contribution in [0, 0.1) is 11.6 Å². The van der Waals surface area contributed by atoms with Gasteiger partial charge >= 0.3 is 12.1 Å². The topological polar surface area (TPSA) is 97.6 Å². The molecule has 6 rings (SSSR count). The molecule has 0 bridgehead atoms. The Labute approximate surface area is 320 Å². The number of fused-ring (bicyclic) bond motifs is 1. The van der Waals surface area contributed by atoms with E-state index >= 15 is 0 Å². The summed E-state index contributed by atoms with van der Waals surface area (Å²) in [7, 11) is 0. The molecule has 0 N–H and O–H groups in total. The molecule has 1 amide bonds. The Kier molecular flexibility index (Phi) is 12.0. The number of benzene rings is 3. The second kappa shape index (κ2) is 16.7. The molecule has 0 aliphatic carbocycles. The van der Waals surface area contributed by atoms with E-state index in [1.165, 1.54) is 24.4 Å². The van der Waals surface area contributed by atoms with Crippen LogP contribution in [0.15, 0.2) is 89.9 Å². The van der Waals surface area contributed by atoms with E-state index in [0.29, 0.717) is 37.1 Å². The summed E-state index contributed by atoms with van der Waals surface area (Å²) in [5, 5.41) is 0.205. The molecule has 0 unspecified atom stereocenters. The lowest BCUT2D eigenvalue weighted by Crippen LogP contribution is -2.56. The number of esters is 1. The van der Waals surface area contributed by atoms with Gasteiger partial charge in [-0.15, -0.1) is 0 Å². The molecule has 3 aromatic carbocycles. The molecule has 3 heterocycles. The summed E-state index contributed by atoms with van der Waals surface area (Å²) in [5.41, 5.74) is 0.372. The highest BCUT2D eigenvalue weighted by Gasteiger charge is 2.40. The van der Waals surface area contributed by atoms with Crippen LogP contribution in [0.3, 0.4) is 0 Å². The first-order valence-corrected chi connectivity index (χ1v) is 18.4. The van der Waals surface area contributed by atoms with Gasteiger partial charge in [-0.3, -0.25) is 19.3 Å². The van der Waals surface area contributed by atoms with Crippen molar-refractivity contribution >= 4 is 22.9 Å². The monoisotopic (exact) mass is 775 g/mol. The number of hydrogen-bond donors (Lipinski definition) is 0. The maximum Gasteiger partial charge on any atom is 0.416 e. The summed E-state index contributed by atoms with van der Waals surface area (Å²) in [4.78, 5) is 53.1. The van der Waals surface area contributed by atoms with Gasteiger partial charge in [-0.1, -0.05) is 42.5 Å². The number of likely N-dealkylation sites (tertiary alicyclic amines) is 1. The van der Waals surface area contributed by atoms with Gasteiger partial charge in [0.1, 0.15) is 35.2 Å². The lowest BCUT2D eigenvalue weighted by molar-refractivity contribution is -0.157. The molecule has 1 aliphatic heterocycles. The van der Waals surface area contributed by atoms with Gasteiger partial charge in [-0.2, -0.15) is 18.2 Å². The Hall–Kier alpha value is -5.50. The highest BCUT2D eigenvalue weighted by molar-refractivity contribution is 5.81. The van der Waals surface area contributed by atoms with E-state index in [1.807, 2.05) is 30.9 Å². The third-order valence-corrected chi connectivity index (χ3v) is 10.4. The average Bonchev–Trinajstić information content (AvgIpc) is 3.18. The van der Waals surface area contributed by atoms with E-state index in [-0.39, 0.29) is 72.9 Å². The van der Waals surface area contributed by atoms with E-state index in [2.05, 4.69) is 9.97 Å². The number of carbonyl (C=O) groups excluding carboxylic acids is 2. The van der Waals surface area contributed by atoms with Crippen molar-refractivity contribution < 1.29 is 36.3 Å². The van der Waals surface area contributed by atoms with Crippen molar-refractivity contribution in [3.8, 4) is 11.1 Å². The smallest absolute Gasteiger partial charge is 0.416 e. The number of pyridine rings is 1. The van der Waals surface area contributed by atoms with Gasteiger partial charge < -0.3 is 14.2 Å². The van der Waals surface area contributed by atoms with Gasteiger partial charge in [0, 0.05) is 44.4 Å². The number of amides is 1. The zero-order chi connectivity index (χ0) is 40.2. The number of piperidine rings is 1. The van der Waals surface area contributed by atoms with Gasteiger partial charge in [0.2, 0.25) is 5.91 Å². The fourth-order valence-electron chi connectivity index (χ4n) is 7.14. The number of aromatic nitrogens is 3. The van der Waals surface area contributed by atoms with Gasteiger partial charge in [-0.05, 0) is 92.6 Å². The Balaban J connectivity index is 1.30. The highest BCUT2D eigenvalue weighted by Crippen LogP contribution is 2.32. The Bertz CT molecular complexity index is 2250. The van der Waals surface area contributed by atoms with Crippen molar-refractivity contribution in [2.45, 2.75) is 77.3 Å². The number of nitrogens with zero attached hydrogens (tertiary/aromatic N) is 5. The summed E-state index contributed by atoms with van der Waals surface area (Å²) in [6.45, 7) is 6.58. The van der Waals surface area contributed by atoms with Crippen molar-refractivity contribution in [2.75, 3.05) is 19.7 Å². The number of alkyl halides is 3. The predicted octanol–water partition coefficient (Wildman–Crippen LogP) is 7.38. The first-order valence-electron chi connectivity index (χ1n) is 18.4.